The zero-order chi connectivity index (χ0) is 18.4. The highest BCUT2D eigenvalue weighted by Gasteiger charge is 2.29. The lowest BCUT2D eigenvalue weighted by atomic mass is 9.78. The number of amides is 1. The second-order valence-electron chi connectivity index (χ2n) is 6.85. The predicted molar refractivity (Wildman–Crippen MR) is 95.1 cm³/mol. The van der Waals surface area contributed by atoms with E-state index in [2.05, 4.69) is 19.2 Å². The van der Waals surface area contributed by atoms with Crippen LogP contribution in [-0.4, -0.2) is 24.0 Å². The second-order valence-corrected chi connectivity index (χ2v) is 6.85. The Morgan fingerprint density at radius 2 is 2.08 bits per heavy atom. The van der Waals surface area contributed by atoms with E-state index in [-0.39, 0.29) is 17.8 Å². The number of rotatable bonds is 5. The molecule has 0 radical (unpaired) electrons. The standard InChI is InChI=1S/C20H26FNO3/c1-13-6-4-9-18(14(13)2)22-20(24)15(3)25-19(23)11-10-16-7-5-8-17(21)12-16/h5,7-8,10-15,18H,4,6,9H2,1-3H3,(H,22,24)/b11-10+/t13-,14+,15+,18-/m0/s1. The molecule has 0 aromatic heterocycles. The van der Waals surface area contributed by atoms with Crippen LogP contribution < -0.4 is 5.32 Å². The maximum Gasteiger partial charge on any atom is 0.331 e. The second kappa shape index (κ2) is 8.79. The Hall–Kier alpha value is -2.17. The zero-order valence-corrected chi connectivity index (χ0v) is 15.0. The van der Waals surface area contributed by atoms with Gasteiger partial charge < -0.3 is 10.1 Å². The van der Waals surface area contributed by atoms with Gasteiger partial charge in [-0.1, -0.05) is 38.8 Å². The quantitative estimate of drug-likeness (QED) is 0.652. The summed E-state index contributed by atoms with van der Waals surface area (Å²) >= 11 is 0. The van der Waals surface area contributed by atoms with E-state index >= 15 is 0 Å². The van der Waals surface area contributed by atoms with Gasteiger partial charge in [-0.25, -0.2) is 9.18 Å². The van der Waals surface area contributed by atoms with Gasteiger partial charge in [0.2, 0.25) is 0 Å². The molecule has 0 unspecified atom stereocenters. The van der Waals surface area contributed by atoms with Crippen molar-refractivity contribution in [1.82, 2.24) is 5.32 Å². The van der Waals surface area contributed by atoms with Crippen LogP contribution in [0.2, 0.25) is 0 Å². The third-order valence-corrected chi connectivity index (χ3v) is 4.96. The number of carbonyl (C=O) groups excluding carboxylic acids is 2. The molecule has 136 valence electrons. The van der Waals surface area contributed by atoms with Crippen LogP contribution in [0.1, 0.15) is 45.6 Å². The molecule has 25 heavy (non-hydrogen) atoms. The molecule has 4 nitrogen and oxygen atoms in total. The van der Waals surface area contributed by atoms with Crippen LogP contribution in [0.25, 0.3) is 6.08 Å². The molecule has 1 aliphatic rings. The predicted octanol–water partition coefficient (Wildman–Crippen LogP) is 3.71. The lowest BCUT2D eigenvalue weighted by molar-refractivity contribution is -0.150. The SMILES string of the molecule is C[C@H]1[C@@H](NC(=O)[C@@H](C)OC(=O)/C=C/c2cccc(F)c2)CCC[C@@H]1C. The Kier molecular flexibility index (Phi) is 6.73. The van der Waals surface area contributed by atoms with Crippen LogP contribution in [0, 0.1) is 17.7 Å². The first-order valence-corrected chi connectivity index (χ1v) is 8.81. The van der Waals surface area contributed by atoms with Crippen molar-refractivity contribution in [1.29, 1.82) is 0 Å². The lowest BCUT2D eigenvalue weighted by Crippen LogP contribution is -2.47. The average molecular weight is 347 g/mol. The highest BCUT2D eigenvalue weighted by molar-refractivity contribution is 5.90. The maximum atomic E-state index is 13.1. The van der Waals surface area contributed by atoms with Gasteiger partial charge >= 0.3 is 5.97 Å². The topological polar surface area (TPSA) is 55.4 Å². The summed E-state index contributed by atoms with van der Waals surface area (Å²) in [6.45, 7) is 5.90. The molecule has 1 N–H and O–H groups in total. The maximum absolute atomic E-state index is 13.1. The van der Waals surface area contributed by atoms with E-state index in [1.807, 2.05) is 0 Å². The summed E-state index contributed by atoms with van der Waals surface area (Å²) < 4.78 is 18.2. The molecular formula is C20H26FNO3. The van der Waals surface area contributed by atoms with Gasteiger partial charge in [0, 0.05) is 12.1 Å². The van der Waals surface area contributed by atoms with Crippen molar-refractivity contribution in [3.8, 4) is 0 Å². The molecule has 0 spiro atoms. The van der Waals surface area contributed by atoms with E-state index in [4.69, 9.17) is 4.74 Å². The fourth-order valence-corrected chi connectivity index (χ4v) is 3.13. The first kappa shape index (κ1) is 19.2. The molecule has 1 saturated carbocycles. The Balaban J connectivity index is 1.84. The number of carbonyl (C=O) groups is 2. The van der Waals surface area contributed by atoms with Gasteiger partial charge in [-0.05, 0) is 49.0 Å². The summed E-state index contributed by atoms with van der Waals surface area (Å²) in [4.78, 5) is 24.1. The molecule has 1 amide bonds. The fourth-order valence-electron chi connectivity index (χ4n) is 3.13. The monoisotopic (exact) mass is 347 g/mol. The lowest BCUT2D eigenvalue weighted by Gasteiger charge is -2.35. The summed E-state index contributed by atoms with van der Waals surface area (Å²) in [5, 5.41) is 3.00. The highest BCUT2D eigenvalue weighted by atomic mass is 19.1. The number of hydrogen-bond acceptors (Lipinski definition) is 3. The summed E-state index contributed by atoms with van der Waals surface area (Å²) in [7, 11) is 0. The van der Waals surface area contributed by atoms with E-state index in [0.29, 0.717) is 17.4 Å². The number of benzene rings is 1. The third-order valence-electron chi connectivity index (χ3n) is 4.96. The van der Waals surface area contributed by atoms with Gasteiger partial charge in [-0.3, -0.25) is 4.79 Å². The van der Waals surface area contributed by atoms with Crippen molar-refractivity contribution in [3.05, 3.63) is 41.7 Å². The van der Waals surface area contributed by atoms with Crippen molar-refractivity contribution in [2.45, 2.75) is 52.2 Å². The minimum Gasteiger partial charge on any atom is -0.449 e. The Labute approximate surface area is 148 Å². The van der Waals surface area contributed by atoms with E-state index in [1.165, 1.54) is 30.7 Å². The minimum absolute atomic E-state index is 0.125. The van der Waals surface area contributed by atoms with Crippen LogP contribution in [0.15, 0.2) is 30.3 Å². The molecule has 0 heterocycles. The molecule has 2 rings (SSSR count). The van der Waals surface area contributed by atoms with E-state index in [1.54, 1.807) is 19.1 Å². The first-order chi connectivity index (χ1) is 11.9. The molecule has 0 aliphatic heterocycles. The van der Waals surface area contributed by atoms with Gasteiger partial charge in [-0.2, -0.15) is 0 Å². The van der Waals surface area contributed by atoms with Gasteiger partial charge in [0.1, 0.15) is 5.82 Å². The van der Waals surface area contributed by atoms with Gasteiger partial charge in [-0.15, -0.1) is 0 Å². The first-order valence-electron chi connectivity index (χ1n) is 8.81. The smallest absolute Gasteiger partial charge is 0.331 e. The van der Waals surface area contributed by atoms with Gasteiger partial charge in [0.15, 0.2) is 6.10 Å². The van der Waals surface area contributed by atoms with Crippen LogP contribution in [0.3, 0.4) is 0 Å². The molecule has 5 heteroatoms. The molecule has 1 aromatic rings. The van der Waals surface area contributed by atoms with Crippen LogP contribution in [0.5, 0.6) is 0 Å². The Bertz CT molecular complexity index is 644. The largest absolute Gasteiger partial charge is 0.449 e. The molecule has 0 saturated heterocycles. The van der Waals surface area contributed by atoms with Crippen molar-refractivity contribution >= 4 is 18.0 Å². The molecular weight excluding hydrogens is 321 g/mol. The van der Waals surface area contributed by atoms with E-state index in [9.17, 15) is 14.0 Å². The molecule has 1 aliphatic carbocycles. The van der Waals surface area contributed by atoms with Gasteiger partial charge in [0.05, 0.1) is 0 Å². The summed E-state index contributed by atoms with van der Waals surface area (Å²) in [5.74, 6) is -0.297. The Morgan fingerprint density at radius 3 is 2.80 bits per heavy atom. The van der Waals surface area contributed by atoms with Crippen molar-refractivity contribution in [2.75, 3.05) is 0 Å². The summed E-state index contributed by atoms with van der Waals surface area (Å²) in [6, 6.07) is 6.00. The van der Waals surface area contributed by atoms with E-state index < -0.39 is 12.1 Å². The number of hydrogen-bond donors (Lipinski definition) is 1. The van der Waals surface area contributed by atoms with Crippen LogP contribution in [-0.2, 0) is 14.3 Å². The molecule has 4 atom stereocenters. The van der Waals surface area contributed by atoms with Crippen LogP contribution >= 0.6 is 0 Å². The van der Waals surface area contributed by atoms with Crippen molar-refractivity contribution in [2.24, 2.45) is 11.8 Å². The summed E-state index contributed by atoms with van der Waals surface area (Å²) in [5.41, 5.74) is 0.555. The number of esters is 1. The van der Waals surface area contributed by atoms with Gasteiger partial charge in [0.25, 0.3) is 5.91 Å². The minimum atomic E-state index is -0.867. The van der Waals surface area contributed by atoms with E-state index in [0.717, 1.165) is 12.8 Å². The Morgan fingerprint density at radius 1 is 1.32 bits per heavy atom. The molecule has 1 aromatic carbocycles. The molecule has 0 bridgehead atoms. The van der Waals surface area contributed by atoms with Crippen molar-refractivity contribution < 1.29 is 18.7 Å². The number of nitrogens with one attached hydrogen (secondary N) is 1. The summed E-state index contributed by atoms with van der Waals surface area (Å²) in [6.07, 6.45) is 5.03. The van der Waals surface area contributed by atoms with Crippen LogP contribution in [0.4, 0.5) is 4.39 Å². The van der Waals surface area contributed by atoms with Crippen molar-refractivity contribution in [3.63, 3.8) is 0 Å². The zero-order valence-electron chi connectivity index (χ0n) is 15.0. The highest BCUT2D eigenvalue weighted by Crippen LogP contribution is 2.29. The fraction of sp³-hybridized carbons (Fsp3) is 0.500. The average Bonchev–Trinajstić information content (AvgIpc) is 2.57. The normalized spacial score (nSPS) is 24.7. The number of ether oxygens (including phenoxy) is 1. The number of halogens is 1. The third kappa shape index (κ3) is 5.69. The molecule has 1 fully saturated rings.